The van der Waals surface area contributed by atoms with Gasteiger partial charge in [-0.3, -0.25) is 9.78 Å². The zero-order chi connectivity index (χ0) is 14.8. The summed E-state index contributed by atoms with van der Waals surface area (Å²) in [5.41, 5.74) is 8.79. The zero-order valence-corrected chi connectivity index (χ0v) is 12.1. The molecule has 0 aliphatic heterocycles. The Morgan fingerprint density at radius 3 is 2.71 bits per heavy atom. The van der Waals surface area contributed by atoms with Crippen LogP contribution in [0.3, 0.4) is 0 Å². The van der Waals surface area contributed by atoms with E-state index < -0.39 is 0 Å². The average molecular weight is 281 g/mol. The van der Waals surface area contributed by atoms with Gasteiger partial charge < -0.3 is 10.6 Å². The summed E-state index contributed by atoms with van der Waals surface area (Å²) in [6, 6.07) is 12.2. The van der Waals surface area contributed by atoms with E-state index in [1.807, 2.05) is 42.2 Å². The number of nitrogen functional groups attached to an aromatic ring is 1. The third-order valence-corrected chi connectivity index (χ3v) is 3.78. The number of carbonyl (C=O) groups excluding carboxylic acids is 1. The predicted octanol–water partition coefficient (Wildman–Crippen LogP) is 2.78. The second-order valence-corrected chi connectivity index (χ2v) is 5.55. The van der Waals surface area contributed by atoms with Crippen LogP contribution >= 0.6 is 0 Å². The molecular weight excluding hydrogens is 262 g/mol. The third kappa shape index (κ3) is 3.05. The van der Waals surface area contributed by atoms with Gasteiger partial charge >= 0.3 is 0 Å². The molecule has 1 aromatic heterocycles. The number of carbonyl (C=O) groups is 1. The van der Waals surface area contributed by atoms with Crippen LogP contribution in [0.2, 0.25) is 0 Å². The van der Waals surface area contributed by atoms with Crippen molar-refractivity contribution in [2.24, 2.45) is 0 Å². The normalized spacial score (nSPS) is 14.0. The van der Waals surface area contributed by atoms with Gasteiger partial charge in [0.15, 0.2) is 0 Å². The highest BCUT2D eigenvalue weighted by Crippen LogP contribution is 2.30. The Hall–Kier alpha value is -2.36. The van der Waals surface area contributed by atoms with Gasteiger partial charge in [-0.25, -0.2) is 0 Å². The quantitative estimate of drug-likeness (QED) is 0.937. The number of hydrogen-bond donors (Lipinski definition) is 1. The summed E-state index contributed by atoms with van der Waals surface area (Å²) < 4.78 is 0. The minimum absolute atomic E-state index is 0.0265. The lowest BCUT2D eigenvalue weighted by Crippen LogP contribution is -2.33. The number of aryl methyl sites for hydroxylation is 1. The van der Waals surface area contributed by atoms with Crippen molar-refractivity contribution in [1.82, 2.24) is 9.88 Å². The van der Waals surface area contributed by atoms with Crippen LogP contribution in [0, 0.1) is 6.92 Å². The molecule has 1 aliphatic rings. The van der Waals surface area contributed by atoms with E-state index in [1.54, 1.807) is 12.3 Å². The smallest absolute Gasteiger partial charge is 0.256 e. The summed E-state index contributed by atoms with van der Waals surface area (Å²) in [5.74, 6) is 0.0265. The molecule has 4 nitrogen and oxygen atoms in total. The van der Waals surface area contributed by atoms with Crippen LogP contribution < -0.4 is 5.73 Å². The number of amides is 1. The monoisotopic (exact) mass is 281 g/mol. The molecule has 3 rings (SSSR count). The van der Waals surface area contributed by atoms with Gasteiger partial charge in [0.05, 0.1) is 23.1 Å². The number of aromatic nitrogens is 1. The van der Waals surface area contributed by atoms with E-state index in [0.29, 0.717) is 23.8 Å². The highest BCUT2D eigenvalue weighted by Gasteiger charge is 2.33. The van der Waals surface area contributed by atoms with Gasteiger partial charge in [0.1, 0.15) is 0 Å². The van der Waals surface area contributed by atoms with Crippen LogP contribution in [0.4, 0.5) is 5.69 Å². The van der Waals surface area contributed by atoms with Crippen LogP contribution in [-0.2, 0) is 6.54 Å². The van der Waals surface area contributed by atoms with Crippen molar-refractivity contribution in [2.45, 2.75) is 32.4 Å². The second kappa shape index (κ2) is 5.56. The first kappa shape index (κ1) is 13.6. The van der Waals surface area contributed by atoms with Gasteiger partial charge in [-0.2, -0.15) is 0 Å². The van der Waals surface area contributed by atoms with Gasteiger partial charge in [-0.05, 0) is 31.4 Å². The third-order valence-electron chi connectivity index (χ3n) is 3.78. The molecule has 2 N–H and O–H groups in total. The number of hydrogen-bond acceptors (Lipinski definition) is 3. The van der Waals surface area contributed by atoms with E-state index in [-0.39, 0.29) is 5.91 Å². The Morgan fingerprint density at radius 2 is 2.05 bits per heavy atom. The van der Waals surface area contributed by atoms with E-state index in [9.17, 15) is 4.79 Å². The maximum atomic E-state index is 12.8. The number of pyridine rings is 1. The zero-order valence-electron chi connectivity index (χ0n) is 12.1. The molecule has 0 spiro atoms. The SMILES string of the molecule is Cc1ncc(N)cc1C(=O)N(Cc1ccccc1)C1CC1. The Morgan fingerprint density at radius 1 is 1.33 bits per heavy atom. The predicted molar refractivity (Wildman–Crippen MR) is 82.7 cm³/mol. The maximum absolute atomic E-state index is 12.8. The molecule has 1 fully saturated rings. The van der Waals surface area contributed by atoms with Gasteiger partial charge in [0, 0.05) is 12.6 Å². The van der Waals surface area contributed by atoms with Crippen LogP contribution in [0.25, 0.3) is 0 Å². The van der Waals surface area contributed by atoms with Crippen LogP contribution in [0.5, 0.6) is 0 Å². The topological polar surface area (TPSA) is 59.2 Å². The Labute approximate surface area is 124 Å². The summed E-state index contributed by atoms with van der Waals surface area (Å²) in [6.45, 7) is 2.48. The number of rotatable bonds is 4. The molecule has 0 radical (unpaired) electrons. The fourth-order valence-electron chi connectivity index (χ4n) is 2.45. The Balaban J connectivity index is 1.87. The van der Waals surface area contributed by atoms with Gasteiger partial charge in [0.2, 0.25) is 0 Å². The molecule has 4 heteroatoms. The van der Waals surface area contributed by atoms with Gasteiger partial charge in [0.25, 0.3) is 5.91 Å². The van der Waals surface area contributed by atoms with Crippen LogP contribution in [-0.4, -0.2) is 21.8 Å². The molecule has 1 amide bonds. The summed E-state index contributed by atoms with van der Waals surface area (Å²) >= 11 is 0. The van der Waals surface area contributed by atoms with E-state index >= 15 is 0 Å². The molecule has 2 aromatic rings. The summed E-state index contributed by atoms with van der Waals surface area (Å²) in [4.78, 5) is 19.0. The van der Waals surface area contributed by atoms with Crippen molar-refractivity contribution in [2.75, 3.05) is 5.73 Å². The minimum Gasteiger partial charge on any atom is -0.397 e. The molecule has 1 heterocycles. The lowest BCUT2D eigenvalue weighted by molar-refractivity contribution is 0.0728. The van der Waals surface area contributed by atoms with Crippen LogP contribution in [0.1, 0.15) is 34.5 Å². The first-order valence-electron chi connectivity index (χ1n) is 7.22. The van der Waals surface area contributed by atoms with Crippen molar-refractivity contribution in [3.05, 3.63) is 59.4 Å². The fraction of sp³-hybridized carbons (Fsp3) is 0.294. The van der Waals surface area contributed by atoms with Crippen molar-refractivity contribution < 1.29 is 4.79 Å². The number of anilines is 1. The number of nitrogens with zero attached hydrogens (tertiary/aromatic N) is 2. The fourth-order valence-corrected chi connectivity index (χ4v) is 2.45. The lowest BCUT2D eigenvalue weighted by atomic mass is 10.1. The summed E-state index contributed by atoms with van der Waals surface area (Å²) in [5, 5.41) is 0. The van der Waals surface area contributed by atoms with E-state index in [2.05, 4.69) is 4.98 Å². The lowest BCUT2D eigenvalue weighted by Gasteiger charge is -2.23. The van der Waals surface area contributed by atoms with Crippen molar-refractivity contribution in [3.63, 3.8) is 0 Å². The van der Waals surface area contributed by atoms with Gasteiger partial charge in [-0.1, -0.05) is 30.3 Å². The van der Waals surface area contributed by atoms with E-state index in [4.69, 9.17) is 5.73 Å². The van der Waals surface area contributed by atoms with Crippen LogP contribution in [0.15, 0.2) is 42.6 Å². The van der Waals surface area contributed by atoms with Crippen molar-refractivity contribution in [3.8, 4) is 0 Å². The van der Waals surface area contributed by atoms with Crippen molar-refractivity contribution in [1.29, 1.82) is 0 Å². The molecule has 108 valence electrons. The second-order valence-electron chi connectivity index (χ2n) is 5.55. The Kier molecular flexibility index (Phi) is 3.60. The van der Waals surface area contributed by atoms with E-state index in [1.165, 1.54) is 0 Å². The molecule has 0 bridgehead atoms. The van der Waals surface area contributed by atoms with Crippen molar-refractivity contribution >= 4 is 11.6 Å². The molecule has 1 aliphatic carbocycles. The van der Waals surface area contributed by atoms with E-state index in [0.717, 1.165) is 24.1 Å². The molecule has 1 aromatic carbocycles. The van der Waals surface area contributed by atoms with Gasteiger partial charge in [-0.15, -0.1) is 0 Å². The molecule has 1 saturated carbocycles. The summed E-state index contributed by atoms with van der Waals surface area (Å²) in [7, 11) is 0. The molecular formula is C17H19N3O. The maximum Gasteiger partial charge on any atom is 0.256 e. The molecule has 0 atom stereocenters. The first-order valence-corrected chi connectivity index (χ1v) is 7.22. The highest BCUT2D eigenvalue weighted by atomic mass is 16.2. The number of nitrogens with two attached hydrogens (primary N) is 1. The summed E-state index contributed by atoms with van der Waals surface area (Å²) in [6.07, 6.45) is 3.74. The first-order chi connectivity index (χ1) is 10.1. The molecule has 0 saturated heterocycles. The standard InChI is InChI=1S/C17H19N3O/c1-12-16(9-14(18)10-19-12)17(21)20(15-7-8-15)11-13-5-3-2-4-6-13/h2-6,9-10,15H,7-8,11,18H2,1H3. The molecule has 21 heavy (non-hydrogen) atoms. The largest absolute Gasteiger partial charge is 0.397 e. The minimum atomic E-state index is 0.0265. The highest BCUT2D eigenvalue weighted by molar-refractivity contribution is 5.96. The Bertz CT molecular complexity index is 650. The molecule has 0 unspecified atom stereocenters. The average Bonchev–Trinajstić information content (AvgIpc) is 3.32. The number of benzene rings is 1.